The van der Waals surface area contributed by atoms with Gasteiger partial charge in [-0.15, -0.1) is 24.8 Å². The molecule has 6 nitrogen and oxygen atoms in total. The van der Waals surface area contributed by atoms with Gasteiger partial charge in [-0.25, -0.2) is 0 Å². The number of likely N-dealkylation sites (N-methyl/N-ethyl adjacent to an activating group) is 1. The van der Waals surface area contributed by atoms with Gasteiger partial charge in [0, 0.05) is 30.6 Å². The third kappa shape index (κ3) is 4.53. The van der Waals surface area contributed by atoms with Crippen LogP contribution >= 0.6 is 24.8 Å². The van der Waals surface area contributed by atoms with Crippen molar-refractivity contribution < 1.29 is 9.34 Å². The number of nitrogens with one attached hydrogen (secondary N) is 2. The van der Waals surface area contributed by atoms with Crippen LogP contribution in [0.4, 0.5) is 5.88 Å². The van der Waals surface area contributed by atoms with Crippen LogP contribution in [-0.2, 0) is 6.54 Å². The summed E-state index contributed by atoms with van der Waals surface area (Å²) >= 11 is 0. The summed E-state index contributed by atoms with van der Waals surface area (Å²) in [6.45, 7) is 2.25. The zero-order valence-corrected chi connectivity index (χ0v) is 15.9. The normalized spacial score (nSPS) is 10.2. The molecule has 3 aromatic rings. The van der Waals surface area contributed by atoms with Gasteiger partial charge in [-0.1, -0.05) is 48.5 Å². The Balaban J connectivity index is 0.00000169. The van der Waals surface area contributed by atoms with Crippen LogP contribution < -0.4 is 10.6 Å². The molecule has 0 aliphatic heterocycles. The van der Waals surface area contributed by atoms with E-state index in [4.69, 9.17) is 4.42 Å². The smallest absolute Gasteiger partial charge is 0.400 e. The predicted octanol–water partition coefficient (Wildman–Crippen LogP) is 4.16. The molecule has 0 saturated carbocycles. The van der Waals surface area contributed by atoms with Crippen molar-refractivity contribution in [3.63, 3.8) is 0 Å². The first-order valence-electron chi connectivity index (χ1n) is 7.82. The number of benzene rings is 2. The van der Waals surface area contributed by atoms with Crippen molar-refractivity contribution in [1.82, 2.24) is 10.6 Å². The van der Waals surface area contributed by atoms with E-state index in [9.17, 15) is 10.1 Å². The van der Waals surface area contributed by atoms with Gasteiger partial charge >= 0.3 is 5.88 Å². The van der Waals surface area contributed by atoms with Crippen LogP contribution in [0, 0.1) is 10.1 Å². The highest BCUT2D eigenvalue weighted by atomic mass is 35.5. The fraction of sp³-hybridized carbons (Fsp3) is 0.222. The Hall–Kier alpha value is -2.12. The highest BCUT2D eigenvalue weighted by molar-refractivity contribution is 5.99. The lowest BCUT2D eigenvalue weighted by atomic mass is 10.0. The lowest BCUT2D eigenvalue weighted by Gasteiger charge is -2.05. The summed E-state index contributed by atoms with van der Waals surface area (Å²) in [5.74, 6) is -0.209. The molecule has 0 radical (unpaired) electrons. The molecule has 26 heavy (non-hydrogen) atoms. The molecule has 3 rings (SSSR count). The molecule has 0 saturated heterocycles. The molecule has 0 fully saturated rings. The van der Waals surface area contributed by atoms with Crippen LogP contribution in [0.5, 0.6) is 0 Å². The van der Waals surface area contributed by atoms with Gasteiger partial charge in [0.25, 0.3) is 0 Å². The second-order valence-electron chi connectivity index (χ2n) is 5.48. The van der Waals surface area contributed by atoms with E-state index in [-0.39, 0.29) is 30.7 Å². The number of hydrogen-bond acceptors (Lipinski definition) is 5. The van der Waals surface area contributed by atoms with Crippen molar-refractivity contribution in [3.8, 4) is 11.1 Å². The zero-order chi connectivity index (χ0) is 16.9. The van der Waals surface area contributed by atoms with Gasteiger partial charge in [0.1, 0.15) is 16.1 Å². The first-order valence-corrected chi connectivity index (χ1v) is 7.82. The molecule has 0 spiro atoms. The Morgan fingerprint density at radius 2 is 1.77 bits per heavy atom. The van der Waals surface area contributed by atoms with Crippen molar-refractivity contribution in [2.45, 2.75) is 6.54 Å². The van der Waals surface area contributed by atoms with Crippen LogP contribution in [-0.4, -0.2) is 25.1 Å². The van der Waals surface area contributed by atoms with Crippen LogP contribution in [0.1, 0.15) is 5.56 Å². The first kappa shape index (κ1) is 21.9. The van der Waals surface area contributed by atoms with Gasteiger partial charge in [-0.2, -0.15) is 0 Å². The van der Waals surface area contributed by atoms with E-state index in [1.807, 2.05) is 55.6 Å². The minimum absolute atomic E-state index is 0. The summed E-state index contributed by atoms with van der Waals surface area (Å²) in [6.07, 6.45) is 0. The van der Waals surface area contributed by atoms with E-state index in [0.717, 1.165) is 29.6 Å². The maximum Gasteiger partial charge on any atom is 0.442 e. The Bertz CT molecular complexity index is 854. The fourth-order valence-corrected chi connectivity index (χ4v) is 2.75. The summed E-state index contributed by atoms with van der Waals surface area (Å²) < 4.78 is 5.65. The molecule has 8 heteroatoms. The van der Waals surface area contributed by atoms with Crippen LogP contribution in [0.25, 0.3) is 22.1 Å². The number of rotatable bonds is 7. The second-order valence-corrected chi connectivity index (χ2v) is 5.48. The number of nitrogens with zero attached hydrogens (tertiary/aromatic N) is 1. The van der Waals surface area contributed by atoms with Gasteiger partial charge < -0.3 is 15.1 Å². The van der Waals surface area contributed by atoms with Crippen molar-refractivity contribution in [2.75, 3.05) is 20.1 Å². The predicted molar refractivity (Wildman–Crippen MR) is 108 cm³/mol. The molecule has 0 aliphatic carbocycles. The number of hydrogen-bond donors (Lipinski definition) is 2. The molecular weight excluding hydrogens is 377 g/mol. The van der Waals surface area contributed by atoms with E-state index < -0.39 is 4.92 Å². The molecule has 0 aliphatic rings. The lowest BCUT2D eigenvalue weighted by Crippen LogP contribution is -2.24. The Morgan fingerprint density at radius 1 is 1.04 bits per heavy atom. The summed E-state index contributed by atoms with van der Waals surface area (Å²) in [7, 11) is 1.89. The van der Waals surface area contributed by atoms with Crippen LogP contribution in [0.3, 0.4) is 0 Å². The number of furan rings is 1. The molecular formula is C18H21Cl2N3O3. The highest BCUT2D eigenvalue weighted by Crippen LogP contribution is 2.40. The number of fused-ring (bicyclic) bond motifs is 1. The van der Waals surface area contributed by atoms with Gasteiger partial charge in [0.15, 0.2) is 0 Å². The van der Waals surface area contributed by atoms with Gasteiger partial charge in [0.2, 0.25) is 0 Å². The highest BCUT2D eigenvalue weighted by Gasteiger charge is 2.26. The number of halogens is 2. The molecule has 0 atom stereocenters. The second kappa shape index (κ2) is 10.1. The average molecular weight is 398 g/mol. The maximum atomic E-state index is 11.5. The van der Waals surface area contributed by atoms with Gasteiger partial charge in [-0.3, -0.25) is 10.1 Å². The van der Waals surface area contributed by atoms with Crippen LogP contribution in [0.2, 0.25) is 0 Å². The lowest BCUT2D eigenvalue weighted by molar-refractivity contribution is -0.400. The van der Waals surface area contributed by atoms with Crippen molar-refractivity contribution in [1.29, 1.82) is 0 Å². The summed E-state index contributed by atoms with van der Waals surface area (Å²) in [6, 6.07) is 15.0. The molecule has 2 N–H and O–H groups in total. The third-order valence-corrected chi connectivity index (χ3v) is 3.87. The largest absolute Gasteiger partial charge is 0.442 e. The molecule has 2 aromatic carbocycles. The zero-order valence-electron chi connectivity index (χ0n) is 14.2. The summed E-state index contributed by atoms with van der Waals surface area (Å²) in [4.78, 5) is 11.0. The molecule has 0 unspecified atom stereocenters. The maximum absolute atomic E-state index is 11.5. The van der Waals surface area contributed by atoms with E-state index in [0.29, 0.717) is 17.7 Å². The van der Waals surface area contributed by atoms with Gasteiger partial charge in [-0.05, 0) is 12.6 Å². The van der Waals surface area contributed by atoms with E-state index >= 15 is 0 Å². The SMILES string of the molecule is CNCCNCc1cccc2c(-c3ccccc3)c([N+](=O)[O-])oc12.Cl.Cl. The molecule has 0 amide bonds. The molecule has 1 aromatic heterocycles. The quantitative estimate of drug-likeness (QED) is 0.355. The minimum Gasteiger partial charge on any atom is -0.400 e. The Kier molecular flexibility index (Phi) is 8.54. The Morgan fingerprint density at radius 3 is 2.42 bits per heavy atom. The average Bonchev–Trinajstić information content (AvgIpc) is 3.00. The standard InChI is InChI=1S/C18H19N3O3.2ClH/c1-19-10-11-20-12-14-8-5-9-15-16(13-6-3-2-4-7-13)18(21(22)23)24-17(14)15;;/h2-9,19-20H,10-12H2,1H3;2*1H. The van der Waals surface area contributed by atoms with Crippen molar-refractivity contribution in [3.05, 3.63) is 64.2 Å². The van der Waals surface area contributed by atoms with E-state index in [2.05, 4.69) is 10.6 Å². The minimum atomic E-state index is -0.458. The first-order chi connectivity index (χ1) is 11.7. The molecule has 0 bridgehead atoms. The number of nitro groups is 1. The number of para-hydroxylation sites is 1. The molecule has 1 heterocycles. The van der Waals surface area contributed by atoms with Gasteiger partial charge in [0.05, 0.1) is 0 Å². The van der Waals surface area contributed by atoms with Crippen molar-refractivity contribution in [2.24, 2.45) is 0 Å². The Labute approximate surface area is 163 Å². The van der Waals surface area contributed by atoms with E-state index in [1.165, 1.54) is 0 Å². The fourth-order valence-electron chi connectivity index (χ4n) is 2.75. The molecule has 140 valence electrons. The van der Waals surface area contributed by atoms with E-state index in [1.54, 1.807) is 0 Å². The van der Waals surface area contributed by atoms with Crippen LogP contribution in [0.15, 0.2) is 52.9 Å². The van der Waals surface area contributed by atoms with Crippen molar-refractivity contribution >= 4 is 41.7 Å². The monoisotopic (exact) mass is 397 g/mol. The summed E-state index contributed by atoms with van der Waals surface area (Å²) in [5.41, 5.74) is 2.80. The third-order valence-electron chi connectivity index (χ3n) is 3.87. The summed E-state index contributed by atoms with van der Waals surface area (Å²) in [5, 5.41) is 18.6. The topological polar surface area (TPSA) is 80.3 Å².